The van der Waals surface area contributed by atoms with Gasteiger partial charge in [-0.3, -0.25) is 14.6 Å². The van der Waals surface area contributed by atoms with Crippen molar-refractivity contribution in [1.29, 1.82) is 0 Å². The zero-order valence-electron chi connectivity index (χ0n) is 15.3. The minimum absolute atomic E-state index is 0.193. The first-order valence-corrected chi connectivity index (χ1v) is 10.0. The number of piperazine rings is 1. The molecule has 0 aliphatic carbocycles. The number of carbonyl (C=O) groups is 1. The molecular weight excluding hydrogens is 379 g/mol. The molecule has 1 aromatic carbocycles. The van der Waals surface area contributed by atoms with Crippen LogP contribution < -0.4 is 5.32 Å². The molecule has 4 rings (SSSR count). The lowest BCUT2D eigenvalue weighted by molar-refractivity contribution is -0.117. The third-order valence-electron chi connectivity index (χ3n) is 4.66. The molecule has 1 saturated heterocycles. The predicted octanol–water partition coefficient (Wildman–Crippen LogP) is 3.30. The predicted molar refractivity (Wildman–Crippen MR) is 107 cm³/mol. The minimum Gasteiger partial charge on any atom is -0.463 e. The fourth-order valence-electron chi connectivity index (χ4n) is 3.17. The fourth-order valence-corrected chi connectivity index (χ4v) is 4.00. The summed E-state index contributed by atoms with van der Waals surface area (Å²) in [4.78, 5) is 21.2. The summed E-state index contributed by atoms with van der Waals surface area (Å²) in [6.07, 6.45) is 1.65. The summed E-state index contributed by atoms with van der Waals surface area (Å²) < 4.78 is 19.0. The number of carbonyl (C=O) groups excluding carboxylic acids is 1. The SMILES string of the molecule is O=C(CN1CCN(Cc2nc(-c3ccco3)cs2)CC1)Nc1ccccc1F. The van der Waals surface area contributed by atoms with Gasteiger partial charge >= 0.3 is 0 Å². The van der Waals surface area contributed by atoms with Crippen LogP contribution in [0.25, 0.3) is 11.5 Å². The van der Waals surface area contributed by atoms with Crippen molar-refractivity contribution in [2.24, 2.45) is 0 Å². The Kier molecular flexibility index (Phi) is 5.80. The number of nitrogens with zero attached hydrogens (tertiary/aromatic N) is 3. The molecule has 1 amide bonds. The molecule has 146 valence electrons. The first kappa shape index (κ1) is 18.8. The number of benzene rings is 1. The summed E-state index contributed by atoms with van der Waals surface area (Å²) in [6, 6.07) is 9.97. The van der Waals surface area contributed by atoms with Crippen molar-refractivity contribution in [2.45, 2.75) is 6.54 Å². The molecule has 0 saturated carbocycles. The van der Waals surface area contributed by atoms with Crippen LogP contribution in [-0.4, -0.2) is 53.4 Å². The van der Waals surface area contributed by atoms with E-state index in [1.165, 1.54) is 6.07 Å². The van der Waals surface area contributed by atoms with Crippen molar-refractivity contribution in [3.63, 3.8) is 0 Å². The van der Waals surface area contributed by atoms with Gasteiger partial charge in [0.05, 0.1) is 25.0 Å². The number of furan rings is 1. The largest absolute Gasteiger partial charge is 0.463 e. The van der Waals surface area contributed by atoms with Gasteiger partial charge in [0.2, 0.25) is 5.91 Å². The lowest BCUT2D eigenvalue weighted by atomic mass is 10.3. The van der Waals surface area contributed by atoms with Gasteiger partial charge in [0.15, 0.2) is 5.76 Å². The van der Waals surface area contributed by atoms with Crippen LogP contribution in [0.4, 0.5) is 10.1 Å². The topological polar surface area (TPSA) is 61.6 Å². The van der Waals surface area contributed by atoms with Gasteiger partial charge in [0.25, 0.3) is 0 Å². The zero-order chi connectivity index (χ0) is 19.3. The highest BCUT2D eigenvalue weighted by atomic mass is 32.1. The van der Waals surface area contributed by atoms with Crippen LogP contribution in [0.2, 0.25) is 0 Å². The van der Waals surface area contributed by atoms with E-state index in [0.717, 1.165) is 49.2 Å². The Balaban J connectivity index is 1.23. The molecule has 3 heterocycles. The van der Waals surface area contributed by atoms with Crippen molar-refractivity contribution >= 4 is 22.9 Å². The van der Waals surface area contributed by atoms with Gasteiger partial charge in [-0.05, 0) is 24.3 Å². The van der Waals surface area contributed by atoms with E-state index in [9.17, 15) is 9.18 Å². The number of thiazole rings is 1. The number of nitrogens with one attached hydrogen (secondary N) is 1. The summed E-state index contributed by atoms with van der Waals surface area (Å²) in [5.74, 6) is 0.174. The maximum Gasteiger partial charge on any atom is 0.238 e. The third kappa shape index (κ3) is 4.64. The van der Waals surface area contributed by atoms with Gasteiger partial charge in [-0.2, -0.15) is 0 Å². The average molecular weight is 400 g/mol. The summed E-state index contributed by atoms with van der Waals surface area (Å²) in [5, 5.41) is 5.70. The monoisotopic (exact) mass is 400 g/mol. The molecule has 8 heteroatoms. The Hall–Kier alpha value is -2.55. The normalized spacial score (nSPS) is 15.6. The van der Waals surface area contributed by atoms with E-state index in [0.29, 0.717) is 0 Å². The number of amides is 1. The van der Waals surface area contributed by atoms with E-state index < -0.39 is 5.82 Å². The number of anilines is 1. The van der Waals surface area contributed by atoms with E-state index in [-0.39, 0.29) is 18.1 Å². The Morgan fingerprint density at radius 1 is 1.14 bits per heavy atom. The second-order valence-corrected chi connectivity index (χ2v) is 7.63. The van der Waals surface area contributed by atoms with Gasteiger partial charge in [0, 0.05) is 31.6 Å². The van der Waals surface area contributed by atoms with Crippen molar-refractivity contribution in [1.82, 2.24) is 14.8 Å². The van der Waals surface area contributed by atoms with Crippen LogP contribution in [0.15, 0.2) is 52.5 Å². The maximum absolute atomic E-state index is 13.6. The van der Waals surface area contributed by atoms with Gasteiger partial charge < -0.3 is 9.73 Å². The van der Waals surface area contributed by atoms with Crippen LogP contribution in [0, 0.1) is 5.82 Å². The number of hydrogen-bond acceptors (Lipinski definition) is 6. The standard InChI is InChI=1S/C20H21FN4O2S/c21-15-4-1-2-5-16(15)22-19(26)12-24-7-9-25(10-8-24)13-20-23-17(14-28-20)18-6-3-11-27-18/h1-6,11,14H,7-10,12-13H2,(H,22,26). The highest BCUT2D eigenvalue weighted by Gasteiger charge is 2.20. The fraction of sp³-hybridized carbons (Fsp3) is 0.300. The van der Waals surface area contributed by atoms with Gasteiger partial charge in [-0.15, -0.1) is 11.3 Å². The second kappa shape index (κ2) is 8.64. The molecule has 1 fully saturated rings. The second-order valence-electron chi connectivity index (χ2n) is 6.68. The first-order valence-electron chi connectivity index (χ1n) is 9.15. The molecule has 1 aliphatic rings. The van der Waals surface area contributed by atoms with Crippen LogP contribution in [-0.2, 0) is 11.3 Å². The molecular formula is C20H21FN4O2S. The Morgan fingerprint density at radius 2 is 1.93 bits per heavy atom. The Bertz CT molecular complexity index is 920. The van der Waals surface area contributed by atoms with Crippen molar-refractivity contribution in [3.8, 4) is 11.5 Å². The van der Waals surface area contributed by atoms with Crippen molar-refractivity contribution in [3.05, 3.63) is 58.9 Å². The molecule has 6 nitrogen and oxygen atoms in total. The highest BCUT2D eigenvalue weighted by molar-refractivity contribution is 7.09. The Labute approximate surface area is 166 Å². The molecule has 0 unspecified atom stereocenters. The van der Waals surface area contributed by atoms with Crippen LogP contribution >= 0.6 is 11.3 Å². The number of aromatic nitrogens is 1. The molecule has 0 radical (unpaired) electrons. The van der Waals surface area contributed by atoms with Crippen LogP contribution in [0.3, 0.4) is 0 Å². The smallest absolute Gasteiger partial charge is 0.238 e. The molecule has 2 aromatic heterocycles. The maximum atomic E-state index is 13.6. The Morgan fingerprint density at radius 3 is 2.68 bits per heavy atom. The van der Waals surface area contributed by atoms with E-state index in [4.69, 9.17) is 4.42 Å². The summed E-state index contributed by atoms with van der Waals surface area (Å²) in [6.45, 7) is 4.37. The molecule has 3 aromatic rings. The number of rotatable bonds is 6. The van der Waals surface area contributed by atoms with Gasteiger partial charge in [-0.1, -0.05) is 12.1 Å². The number of hydrogen-bond donors (Lipinski definition) is 1. The summed E-state index contributed by atoms with van der Waals surface area (Å²) in [5.41, 5.74) is 1.09. The molecule has 0 atom stereocenters. The molecule has 1 aliphatic heterocycles. The van der Waals surface area contributed by atoms with Crippen molar-refractivity contribution < 1.29 is 13.6 Å². The molecule has 28 heavy (non-hydrogen) atoms. The van der Waals surface area contributed by atoms with E-state index in [1.54, 1.807) is 35.8 Å². The third-order valence-corrected chi connectivity index (χ3v) is 5.50. The molecule has 0 spiro atoms. The van der Waals surface area contributed by atoms with E-state index in [1.807, 2.05) is 17.5 Å². The highest BCUT2D eigenvalue weighted by Crippen LogP contribution is 2.23. The van der Waals surface area contributed by atoms with E-state index >= 15 is 0 Å². The summed E-state index contributed by atoms with van der Waals surface area (Å²) in [7, 11) is 0. The molecule has 0 bridgehead atoms. The van der Waals surface area contributed by atoms with Crippen LogP contribution in [0.5, 0.6) is 0 Å². The van der Waals surface area contributed by atoms with Crippen molar-refractivity contribution in [2.75, 3.05) is 38.0 Å². The lowest BCUT2D eigenvalue weighted by Crippen LogP contribution is -2.48. The van der Waals surface area contributed by atoms with E-state index in [2.05, 4.69) is 20.1 Å². The lowest BCUT2D eigenvalue weighted by Gasteiger charge is -2.33. The average Bonchev–Trinajstić information content (AvgIpc) is 3.37. The molecule has 1 N–H and O–H groups in total. The summed E-state index contributed by atoms with van der Waals surface area (Å²) >= 11 is 1.63. The first-order chi connectivity index (χ1) is 13.7. The quantitative estimate of drug-likeness (QED) is 0.688. The number of halogens is 1. The van der Waals surface area contributed by atoms with Gasteiger partial charge in [-0.25, -0.2) is 9.37 Å². The minimum atomic E-state index is -0.418. The number of para-hydroxylation sites is 1. The van der Waals surface area contributed by atoms with Crippen LogP contribution in [0.1, 0.15) is 5.01 Å². The zero-order valence-corrected chi connectivity index (χ0v) is 16.1. The van der Waals surface area contributed by atoms with Gasteiger partial charge in [0.1, 0.15) is 16.5 Å².